The quantitative estimate of drug-likeness (QED) is 0.712. The zero-order valence-corrected chi connectivity index (χ0v) is 8.65. The van der Waals surface area contributed by atoms with E-state index in [2.05, 4.69) is 12.6 Å². The van der Waals surface area contributed by atoms with Gasteiger partial charge in [0.25, 0.3) is 0 Å². The van der Waals surface area contributed by atoms with Crippen molar-refractivity contribution in [3.05, 3.63) is 18.2 Å². The van der Waals surface area contributed by atoms with Crippen molar-refractivity contribution in [2.45, 2.75) is 4.90 Å². The maximum atomic E-state index is 9.45. The van der Waals surface area contributed by atoms with E-state index in [-0.39, 0.29) is 5.06 Å². The molecule has 0 aliphatic rings. The number of rotatable bonds is 1. The van der Waals surface area contributed by atoms with E-state index in [1.54, 1.807) is 7.11 Å². The molecule has 13 heavy (non-hydrogen) atoms. The minimum absolute atomic E-state index is 0.239. The summed E-state index contributed by atoms with van der Waals surface area (Å²) in [5, 5.41) is 10.6. The zero-order valence-electron chi connectivity index (χ0n) is 6.94. The van der Waals surface area contributed by atoms with Gasteiger partial charge >= 0.3 is 0 Å². The van der Waals surface area contributed by atoms with Crippen LogP contribution in [0.4, 0.5) is 0 Å². The molecule has 2 aromatic rings. The Bertz CT molecular complexity index is 448. The minimum atomic E-state index is 0.239. The van der Waals surface area contributed by atoms with Crippen LogP contribution in [-0.4, -0.2) is 12.2 Å². The lowest BCUT2D eigenvalue weighted by Gasteiger charge is -2.00. The molecule has 0 fully saturated rings. The van der Waals surface area contributed by atoms with Crippen LogP contribution in [0.3, 0.4) is 0 Å². The van der Waals surface area contributed by atoms with Gasteiger partial charge in [0.1, 0.15) is 5.75 Å². The van der Waals surface area contributed by atoms with E-state index < -0.39 is 0 Å². The number of thiol groups is 1. The van der Waals surface area contributed by atoms with Crippen molar-refractivity contribution in [3.8, 4) is 10.8 Å². The first-order chi connectivity index (χ1) is 6.24. The summed E-state index contributed by atoms with van der Waals surface area (Å²) in [7, 11) is 1.61. The maximum Gasteiger partial charge on any atom is 0.186 e. The van der Waals surface area contributed by atoms with Crippen LogP contribution in [0.25, 0.3) is 10.1 Å². The fourth-order valence-electron chi connectivity index (χ4n) is 1.26. The Morgan fingerprint density at radius 1 is 1.46 bits per heavy atom. The Morgan fingerprint density at radius 2 is 2.23 bits per heavy atom. The van der Waals surface area contributed by atoms with Gasteiger partial charge in [0, 0.05) is 4.70 Å². The van der Waals surface area contributed by atoms with Crippen molar-refractivity contribution in [3.63, 3.8) is 0 Å². The van der Waals surface area contributed by atoms with Crippen LogP contribution < -0.4 is 4.74 Å². The van der Waals surface area contributed by atoms with Crippen LogP contribution in [-0.2, 0) is 0 Å². The van der Waals surface area contributed by atoms with Gasteiger partial charge in [-0.2, -0.15) is 0 Å². The molecule has 0 aliphatic heterocycles. The molecule has 4 heteroatoms. The average molecular weight is 212 g/mol. The number of ether oxygens (including phenoxy) is 1. The lowest BCUT2D eigenvalue weighted by atomic mass is 10.2. The molecule has 0 saturated carbocycles. The van der Waals surface area contributed by atoms with Crippen molar-refractivity contribution >= 4 is 34.1 Å². The van der Waals surface area contributed by atoms with Gasteiger partial charge in [-0.05, 0) is 12.1 Å². The highest BCUT2D eigenvalue weighted by Crippen LogP contribution is 2.43. The minimum Gasteiger partial charge on any atom is -0.499 e. The molecule has 0 atom stereocenters. The Balaban J connectivity index is 2.87. The Morgan fingerprint density at radius 3 is 2.92 bits per heavy atom. The molecule has 0 aliphatic carbocycles. The summed E-state index contributed by atoms with van der Waals surface area (Å²) in [6, 6.07) is 5.68. The van der Waals surface area contributed by atoms with Crippen molar-refractivity contribution in [2.24, 2.45) is 0 Å². The number of aromatic hydroxyl groups is 1. The zero-order chi connectivity index (χ0) is 9.42. The van der Waals surface area contributed by atoms with Gasteiger partial charge in [-0.3, -0.25) is 0 Å². The normalized spacial score (nSPS) is 10.6. The van der Waals surface area contributed by atoms with E-state index in [1.165, 1.54) is 11.3 Å². The molecule has 0 unspecified atom stereocenters. The van der Waals surface area contributed by atoms with Gasteiger partial charge in [0.05, 0.1) is 17.4 Å². The highest BCUT2D eigenvalue weighted by Gasteiger charge is 2.11. The molecule has 1 aromatic heterocycles. The first-order valence-electron chi connectivity index (χ1n) is 3.71. The lowest BCUT2D eigenvalue weighted by molar-refractivity contribution is 0.418. The topological polar surface area (TPSA) is 29.5 Å². The first kappa shape index (κ1) is 8.72. The summed E-state index contributed by atoms with van der Waals surface area (Å²) in [5.74, 6) is 0.749. The predicted octanol–water partition coefficient (Wildman–Crippen LogP) is 2.90. The maximum absolute atomic E-state index is 9.45. The lowest BCUT2D eigenvalue weighted by Crippen LogP contribution is -1.82. The highest BCUT2D eigenvalue weighted by molar-refractivity contribution is 7.81. The fraction of sp³-hybridized carbons (Fsp3) is 0.111. The summed E-state index contributed by atoms with van der Waals surface area (Å²) >= 11 is 5.53. The third kappa shape index (κ3) is 1.26. The number of thiophene rings is 1. The largest absolute Gasteiger partial charge is 0.499 e. The van der Waals surface area contributed by atoms with Gasteiger partial charge in [0.2, 0.25) is 0 Å². The van der Waals surface area contributed by atoms with Crippen LogP contribution in [0.1, 0.15) is 0 Å². The molecule has 0 amide bonds. The van der Waals surface area contributed by atoms with Crippen LogP contribution >= 0.6 is 24.0 Å². The van der Waals surface area contributed by atoms with E-state index in [4.69, 9.17) is 4.74 Å². The highest BCUT2D eigenvalue weighted by atomic mass is 32.1. The Kier molecular flexibility index (Phi) is 2.09. The first-order valence-corrected chi connectivity index (χ1v) is 4.98. The molecular formula is C9H8O2S2. The van der Waals surface area contributed by atoms with Gasteiger partial charge in [-0.15, -0.1) is 12.6 Å². The molecule has 1 heterocycles. The van der Waals surface area contributed by atoms with Crippen LogP contribution in [0.2, 0.25) is 0 Å². The number of hydrogen-bond donors (Lipinski definition) is 2. The van der Waals surface area contributed by atoms with Crippen molar-refractivity contribution in [1.82, 2.24) is 0 Å². The molecule has 1 aromatic carbocycles. The summed E-state index contributed by atoms with van der Waals surface area (Å²) in [5.41, 5.74) is 0. The molecule has 0 bridgehead atoms. The van der Waals surface area contributed by atoms with Crippen LogP contribution in [0.15, 0.2) is 23.1 Å². The van der Waals surface area contributed by atoms with E-state index in [0.717, 1.165) is 15.8 Å². The summed E-state index contributed by atoms with van der Waals surface area (Å²) in [6.07, 6.45) is 0. The van der Waals surface area contributed by atoms with E-state index >= 15 is 0 Å². The number of benzene rings is 1. The van der Waals surface area contributed by atoms with Crippen molar-refractivity contribution in [2.75, 3.05) is 7.11 Å². The fourth-order valence-corrected chi connectivity index (χ4v) is 2.56. The Labute approximate surface area is 85.2 Å². The van der Waals surface area contributed by atoms with Gasteiger partial charge in [-0.1, -0.05) is 17.4 Å². The van der Waals surface area contributed by atoms with Gasteiger partial charge in [0.15, 0.2) is 5.06 Å². The monoisotopic (exact) mass is 212 g/mol. The van der Waals surface area contributed by atoms with Crippen LogP contribution in [0, 0.1) is 0 Å². The van der Waals surface area contributed by atoms with Gasteiger partial charge < -0.3 is 9.84 Å². The summed E-state index contributed by atoms with van der Waals surface area (Å²) in [4.78, 5) is 0.595. The van der Waals surface area contributed by atoms with Crippen molar-refractivity contribution in [1.29, 1.82) is 0 Å². The average Bonchev–Trinajstić information content (AvgIpc) is 2.43. The second kappa shape index (κ2) is 3.12. The number of fused-ring (bicyclic) bond motifs is 1. The predicted molar refractivity (Wildman–Crippen MR) is 57.3 cm³/mol. The Hall–Kier alpha value is -0.870. The summed E-state index contributed by atoms with van der Waals surface area (Å²) in [6.45, 7) is 0. The van der Waals surface area contributed by atoms with E-state index in [0.29, 0.717) is 4.90 Å². The van der Waals surface area contributed by atoms with Gasteiger partial charge in [-0.25, -0.2) is 0 Å². The molecular weight excluding hydrogens is 204 g/mol. The van der Waals surface area contributed by atoms with E-state index in [9.17, 15) is 5.11 Å². The van der Waals surface area contributed by atoms with Crippen molar-refractivity contribution < 1.29 is 9.84 Å². The molecule has 0 spiro atoms. The standard InChI is InChI=1S/C9H8O2S2/c1-11-5-3-2-4-6-7(5)8(12)9(10)13-6/h2-4,10,12H,1H3. The second-order valence-corrected chi connectivity index (χ2v) is 4.07. The second-order valence-electron chi connectivity index (χ2n) is 2.59. The molecule has 0 saturated heterocycles. The molecule has 68 valence electrons. The molecule has 2 rings (SSSR count). The molecule has 2 nitrogen and oxygen atoms in total. The molecule has 1 N–H and O–H groups in total. The molecule has 0 radical (unpaired) electrons. The third-order valence-electron chi connectivity index (χ3n) is 1.85. The number of hydrogen-bond acceptors (Lipinski definition) is 4. The smallest absolute Gasteiger partial charge is 0.186 e. The third-order valence-corrected chi connectivity index (χ3v) is 3.40. The number of methoxy groups -OCH3 is 1. The SMILES string of the molecule is COc1cccc2sc(O)c(S)c12. The van der Waals surface area contributed by atoms with E-state index in [1.807, 2.05) is 18.2 Å². The summed E-state index contributed by atoms with van der Waals surface area (Å²) < 4.78 is 6.16. The van der Waals surface area contributed by atoms with Crippen LogP contribution in [0.5, 0.6) is 10.8 Å².